The normalized spacial score (nSPS) is 20.8. The molecule has 0 bridgehead atoms. The summed E-state index contributed by atoms with van der Waals surface area (Å²) in [6.07, 6.45) is 0. The highest BCUT2D eigenvalue weighted by molar-refractivity contribution is 9.10. The lowest BCUT2D eigenvalue weighted by Gasteiger charge is -2.19. The lowest BCUT2D eigenvalue weighted by molar-refractivity contribution is -0.115. The van der Waals surface area contributed by atoms with Gasteiger partial charge in [-0.3, -0.25) is 4.79 Å². The van der Waals surface area contributed by atoms with Gasteiger partial charge in [0.25, 0.3) is 0 Å². The number of aromatic nitrogens is 1. The number of rotatable bonds is 2. The molecule has 2 rings (SSSR count). The largest absolute Gasteiger partial charge is 0.301 e. The minimum Gasteiger partial charge on any atom is -0.301 e. The number of carbonyl (C=O) groups excluding carboxylic acids is 1. The van der Waals surface area contributed by atoms with E-state index in [0.717, 1.165) is 26.7 Å². The van der Waals surface area contributed by atoms with Gasteiger partial charge < -0.3 is 5.32 Å². The number of aryl methyl sites for hydroxylation is 1. The Morgan fingerprint density at radius 2 is 2.38 bits per heavy atom. The molecule has 7 heteroatoms. The summed E-state index contributed by atoms with van der Waals surface area (Å²) in [6.45, 7) is 1.97. The Balaban J connectivity index is 1.95. The van der Waals surface area contributed by atoms with E-state index < -0.39 is 0 Å². The topological polar surface area (TPSA) is 42.0 Å². The van der Waals surface area contributed by atoms with Crippen molar-refractivity contribution in [1.82, 2.24) is 4.98 Å². The third-order valence-electron chi connectivity index (χ3n) is 2.08. The van der Waals surface area contributed by atoms with E-state index in [1.807, 2.05) is 18.7 Å². The molecule has 1 amide bonds. The number of amides is 1. The van der Waals surface area contributed by atoms with E-state index in [9.17, 15) is 4.79 Å². The van der Waals surface area contributed by atoms with E-state index in [-0.39, 0.29) is 11.2 Å². The second-order valence-electron chi connectivity index (χ2n) is 3.29. The number of thiazole rings is 1. The SMILES string of the molecule is Cc1sc(NC(=O)C2CSCCS2)nc1Br. The van der Waals surface area contributed by atoms with Gasteiger partial charge in [-0.05, 0) is 22.9 Å². The maximum absolute atomic E-state index is 11.9. The van der Waals surface area contributed by atoms with Crippen LogP contribution >= 0.6 is 50.8 Å². The van der Waals surface area contributed by atoms with E-state index in [2.05, 4.69) is 26.2 Å². The first-order valence-corrected chi connectivity index (χ1v) is 8.61. The molecular weight excluding hydrogens is 328 g/mol. The van der Waals surface area contributed by atoms with Gasteiger partial charge in [-0.1, -0.05) is 0 Å². The molecule has 1 N–H and O–H groups in total. The molecule has 1 unspecified atom stereocenters. The molecule has 0 radical (unpaired) electrons. The molecule has 16 heavy (non-hydrogen) atoms. The van der Waals surface area contributed by atoms with E-state index >= 15 is 0 Å². The minimum atomic E-state index is 0.0710. The van der Waals surface area contributed by atoms with Crippen LogP contribution in [0.2, 0.25) is 0 Å². The van der Waals surface area contributed by atoms with E-state index in [0.29, 0.717) is 5.13 Å². The molecule has 1 aromatic rings. The predicted molar refractivity (Wildman–Crippen MR) is 76.8 cm³/mol. The van der Waals surface area contributed by atoms with Gasteiger partial charge in [0.2, 0.25) is 5.91 Å². The molecule has 1 aliphatic rings. The first-order chi connectivity index (χ1) is 7.66. The summed E-state index contributed by atoms with van der Waals surface area (Å²) in [7, 11) is 0. The highest BCUT2D eigenvalue weighted by Gasteiger charge is 2.23. The van der Waals surface area contributed by atoms with Crippen LogP contribution in [-0.4, -0.2) is 33.4 Å². The summed E-state index contributed by atoms with van der Waals surface area (Å²) in [4.78, 5) is 17.2. The molecule has 0 spiro atoms. The van der Waals surface area contributed by atoms with Crippen LogP contribution in [0.3, 0.4) is 0 Å². The van der Waals surface area contributed by atoms with Gasteiger partial charge in [-0.2, -0.15) is 11.8 Å². The maximum atomic E-state index is 11.9. The Kier molecular flexibility index (Phi) is 4.57. The fraction of sp³-hybridized carbons (Fsp3) is 0.556. The van der Waals surface area contributed by atoms with Crippen molar-refractivity contribution in [3.8, 4) is 0 Å². The summed E-state index contributed by atoms with van der Waals surface area (Å²) in [5.41, 5.74) is 0. The Hall–Kier alpha value is 0.280. The zero-order valence-corrected chi connectivity index (χ0v) is 12.7. The minimum absolute atomic E-state index is 0.0710. The van der Waals surface area contributed by atoms with Crippen LogP contribution in [0.25, 0.3) is 0 Å². The maximum Gasteiger partial charge on any atom is 0.240 e. The highest BCUT2D eigenvalue weighted by Crippen LogP contribution is 2.28. The molecule has 1 saturated heterocycles. The van der Waals surface area contributed by atoms with Crippen LogP contribution in [0.4, 0.5) is 5.13 Å². The first-order valence-electron chi connectivity index (χ1n) is 4.80. The Morgan fingerprint density at radius 1 is 1.56 bits per heavy atom. The van der Waals surface area contributed by atoms with Crippen molar-refractivity contribution in [3.05, 3.63) is 9.48 Å². The van der Waals surface area contributed by atoms with Gasteiger partial charge in [-0.25, -0.2) is 4.98 Å². The summed E-state index contributed by atoms with van der Waals surface area (Å²) < 4.78 is 0.818. The van der Waals surface area contributed by atoms with Crippen molar-refractivity contribution in [2.45, 2.75) is 12.2 Å². The van der Waals surface area contributed by atoms with Crippen LogP contribution in [0.5, 0.6) is 0 Å². The molecule has 0 aliphatic carbocycles. The molecule has 2 heterocycles. The molecule has 1 atom stereocenters. The van der Waals surface area contributed by atoms with Gasteiger partial charge >= 0.3 is 0 Å². The van der Waals surface area contributed by atoms with E-state index in [1.54, 1.807) is 11.8 Å². The number of thioether (sulfide) groups is 2. The van der Waals surface area contributed by atoms with Crippen molar-refractivity contribution < 1.29 is 4.79 Å². The Bertz CT molecular complexity index is 371. The molecule has 1 aromatic heterocycles. The second-order valence-corrected chi connectivity index (χ2v) is 7.70. The Morgan fingerprint density at radius 3 is 2.94 bits per heavy atom. The van der Waals surface area contributed by atoms with Crippen molar-refractivity contribution in [2.75, 3.05) is 22.6 Å². The quantitative estimate of drug-likeness (QED) is 0.899. The highest BCUT2D eigenvalue weighted by atomic mass is 79.9. The van der Waals surface area contributed by atoms with Crippen LogP contribution in [0.15, 0.2) is 4.60 Å². The molecule has 88 valence electrons. The number of hydrogen-bond acceptors (Lipinski definition) is 5. The van der Waals surface area contributed by atoms with Crippen LogP contribution in [0.1, 0.15) is 4.88 Å². The smallest absolute Gasteiger partial charge is 0.240 e. The average Bonchev–Trinajstić information content (AvgIpc) is 2.59. The van der Waals surface area contributed by atoms with Gasteiger partial charge in [0.1, 0.15) is 4.60 Å². The molecule has 1 aliphatic heterocycles. The standard InChI is InChI=1S/C9H11BrN2OS3/c1-5-7(10)11-9(16-5)12-8(13)6-4-14-2-3-15-6/h6H,2-4H2,1H3,(H,11,12,13). The lowest BCUT2D eigenvalue weighted by Crippen LogP contribution is -2.30. The Labute approximate surface area is 115 Å². The van der Waals surface area contributed by atoms with Gasteiger partial charge in [0.05, 0.1) is 5.25 Å². The van der Waals surface area contributed by atoms with Crippen molar-refractivity contribution >= 4 is 61.8 Å². The average molecular weight is 339 g/mol. The van der Waals surface area contributed by atoms with Crippen LogP contribution < -0.4 is 5.32 Å². The fourth-order valence-corrected chi connectivity index (χ4v) is 5.06. The molecule has 0 aromatic carbocycles. The summed E-state index contributed by atoms with van der Waals surface area (Å²) in [5.74, 6) is 3.19. The number of anilines is 1. The third-order valence-corrected chi connectivity index (χ3v) is 6.75. The first kappa shape index (κ1) is 12.7. The molecule has 3 nitrogen and oxygen atoms in total. The number of nitrogens with one attached hydrogen (secondary N) is 1. The molecule has 1 fully saturated rings. The molecule has 0 saturated carbocycles. The molecular formula is C9H11BrN2OS3. The van der Waals surface area contributed by atoms with Crippen molar-refractivity contribution in [3.63, 3.8) is 0 Å². The van der Waals surface area contributed by atoms with E-state index in [1.165, 1.54) is 11.3 Å². The van der Waals surface area contributed by atoms with Crippen molar-refractivity contribution in [2.24, 2.45) is 0 Å². The summed E-state index contributed by atoms with van der Waals surface area (Å²) in [6, 6.07) is 0. The van der Waals surface area contributed by atoms with Gasteiger partial charge in [-0.15, -0.1) is 23.1 Å². The second kappa shape index (κ2) is 5.75. The zero-order valence-electron chi connectivity index (χ0n) is 8.66. The van der Waals surface area contributed by atoms with Gasteiger partial charge in [0, 0.05) is 22.1 Å². The summed E-state index contributed by atoms with van der Waals surface area (Å²) in [5, 5.41) is 3.63. The van der Waals surface area contributed by atoms with Crippen LogP contribution in [0, 0.1) is 6.92 Å². The lowest BCUT2D eigenvalue weighted by atomic mass is 10.4. The third kappa shape index (κ3) is 3.15. The number of carbonyl (C=O) groups is 1. The van der Waals surface area contributed by atoms with Crippen LogP contribution in [-0.2, 0) is 4.79 Å². The fourth-order valence-electron chi connectivity index (χ4n) is 1.26. The number of nitrogens with zero attached hydrogens (tertiary/aromatic N) is 1. The zero-order chi connectivity index (χ0) is 11.5. The monoisotopic (exact) mass is 338 g/mol. The number of hydrogen-bond donors (Lipinski definition) is 1. The van der Waals surface area contributed by atoms with Crippen molar-refractivity contribution in [1.29, 1.82) is 0 Å². The predicted octanol–water partition coefficient (Wildman–Crippen LogP) is 3.00. The number of halogens is 1. The van der Waals surface area contributed by atoms with E-state index in [4.69, 9.17) is 0 Å². The van der Waals surface area contributed by atoms with Gasteiger partial charge in [0.15, 0.2) is 5.13 Å². The summed E-state index contributed by atoms with van der Waals surface area (Å²) >= 11 is 8.42.